The number of aliphatic carboxylic acids is 1. The highest BCUT2D eigenvalue weighted by atomic mass is 79.9. The molecule has 0 fully saturated rings. The Morgan fingerprint density at radius 3 is 2.33 bits per heavy atom. The van der Waals surface area contributed by atoms with Gasteiger partial charge < -0.3 is 10.0 Å². The molecule has 0 bridgehead atoms. The van der Waals surface area contributed by atoms with Gasteiger partial charge in [0.05, 0.1) is 5.56 Å². The molecule has 18 heavy (non-hydrogen) atoms. The molecule has 4 nitrogen and oxygen atoms in total. The van der Waals surface area contributed by atoms with E-state index in [0.29, 0.717) is 0 Å². The van der Waals surface area contributed by atoms with E-state index in [4.69, 9.17) is 5.11 Å². The van der Waals surface area contributed by atoms with Crippen LogP contribution in [0.1, 0.15) is 17.3 Å². The SMILES string of the molecule is CC(C(=O)O)N(C)C(=O)c1cc(F)c(F)cc1Br. The van der Waals surface area contributed by atoms with Crippen molar-refractivity contribution < 1.29 is 23.5 Å². The molecule has 0 aliphatic carbocycles. The molecule has 0 saturated heterocycles. The van der Waals surface area contributed by atoms with Crippen LogP contribution in [0.2, 0.25) is 0 Å². The number of nitrogens with zero attached hydrogens (tertiary/aromatic N) is 1. The van der Waals surface area contributed by atoms with E-state index < -0.39 is 29.6 Å². The van der Waals surface area contributed by atoms with Crippen molar-refractivity contribution in [2.24, 2.45) is 0 Å². The second-order valence-corrected chi connectivity index (χ2v) is 4.53. The van der Waals surface area contributed by atoms with Crippen molar-refractivity contribution in [2.45, 2.75) is 13.0 Å². The van der Waals surface area contributed by atoms with E-state index in [1.165, 1.54) is 14.0 Å². The van der Waals surface area contributed by atoms with E-state index in [9.17, 15) is 18.4 Å². The van der Waals surface area contributed by atoms with Gasteiger partial charge >= 0.3 is 5.97 Å². The third-order valence-electron chi connectivity index (χ3n) is 2.50. The molecule has 1 atom stereocenters. The summed E-state index contributed by atoms with van der Waals surface area (Å²) >= 11 is 2.93. The summed E-state index contributed by atoms with van der Waals surface area (Å²) in [5.41, 5.74) is -0.135. The summed E-state index contributed by atoms with van der Waals surface area (Å²) in [4.78, 5) is 23.6. The van der Waals surface area contributed by atoms with Gasteiger partial charge in [-0.2, -0.15) is 0 Å². The molecule has 0 aliphatic rings. The minimum Gasteiger partial charge on any atom is -0.480 e. The molecular weight excluding hydrogens is 312 g/mol. The van der Waals surface area contributed by atoms with Gasteiger partial charge in [0.1, 0.15) is 6.04 Å². The fourth-order valence-electron chi connectivity index (χ4n) is 1.22. The van der Waals surface area contributed by atoms with Crippen LogP contribution in [0.5, 0.6) is 0 Å². The van der Waals surface area contributed by atoms with Crippen molar-refractivity contribution in [3.05, 3.63) is 33.8 Å². The summed E-state index contributed by atoms with van der Waals surface area (Å²) in [6, 6.07) is 0.479. The minimum absolute atomic E-state index is 0.0656. The van der Waals surface area contributed by atoms with Crippen LogP contribution in [0, 0.1) is 11.6 Å². The van der Waals surface area contributed by atoms with Gasteiger partial charge in [-0.25, -0.2) is 13.6 Å². The summed E-state index contributed by atoms with van der Waals surface area (Å²) in [5, 5.41) is 8.78. The second-order valence-electron chi connectivity index (χ2n) is 3.68. The van der Waals surface area contributed by atoms with Crippen LogP contribution < -0.4 is 0 Å². The Labute approximate surface area is 110 Å². The zero-order chi connectivity index (χ0) is 14.0. The highest BCUT2D eigenvalue weighted by molar-refractivity contribution is 9.10. The molecule has 1 N–H and O–H groups in total. The lowest BCUT2D eigenvalue weighted by molar-refractivity contribution is -0.141. The summed E-state index contributed by atoms with van der Waals surface area (Å²) in [5.74, 6) is -4.16. The van der Waals surface area contributed by atoms with Crippen LogP contribution in [-0.2, 0) is 4.79 Å². The Bertz CT molecular complexity index is 507. The first kappa shape index (κ1) is 14.6. The number of amides is 1. The third-order valence-corrected chi connectivity index (χ3v) is 3.16. The molecule has 1 aromatic carbocycles. The van der Waals surface area contributed by atoms with Crippen molar-refractivity contribution in [2.75, 3.05) is 7.05 Å². The summed E-state index contributed by atoms with van der Waals surface area (Å²) in [6.45, 7) is 1.31. The van der Waals surface area contributed by atoms with Crippen LogP contribution >= 0.6 is 15.9 Å². The summed E-state index contributed by atoms with van der Waals surface area (Å²) < 4.78 is 26.0. The van der Waals surface area contributed by atoms with E-state index in [0.717, 1.165) is 17.0 Å². The Hall–Kier alpha value is -1.50. The van der Waals surface area contributed by atoms with Gasteiger partial charge in [-0.15, -0.1) is 0 Å². The lowest BCUT2D eigenvalue weighted by atomic mass is 10.1. The molecule has 0 aliphatic heterocycles. The smallest absolute Gasteiger partial charge is 0.326 e. The summed E-state index contributed by atoms with van der Waals surface area (Å²) in [7, 11) is 1.27. The predicted octanol–water partition coefficient (Wildman–Crippen LogP) is 2.27. The van der Waals surface area contributed by atoms with Crippen molar-refractivity contribution in [3.8, 4) is 0 Å². The fraction of sp³-hybridized carbons (Fsp3) is 0.273. The lowest BCUT2D eigenvalue weighted by Crippen LogP contribution is -2.40. The Kier molecular flexibility index (Phi) is 4.39. The number of carbonyl (C=O) groups is 2. The first-order chi connectivity index (χ1) is 8.25. The minimum atomic E-state index is -1.19. The third kappa shape index (κ3) is 2.84. The standard InChI is InChI=1S/C11H10BrF2NO3/c1-5(11(17)18)15(2)10(16)6-3-8(13)9(14)4-7(6)12/h3-5H,1-2H3,(H,17,18). The number of carboxylic acids is 1. The maximum absolute atomic E-state index is 13.1. The van der Waals surface area contributed by atoms with Crippen LogP contribution in [0.3, 0.4) is 0 Å². The number of benzene rings is 1. The average Bonchev–Trinajstić information content (AvgIpc) is 2.30. The molecule has 0 aromatic heterocycles. The maximum Gasteiger partial charge on any atom is 0.326 e. The molecule has 0 radical (unpaired) electrons. The number of carboxylic acid groups (broad SMARTS) is 1. The largest absolute Gasteiger partial charge is 0.480 e. The lowest BCUT2D eigenvalue weighted by Gasteiger charge is -2.22. The monoisotopic (exact) mass is 321 g/mol. The van der Waals surface area contributed by atoms with Crippen LogP contribution in [0.4, 0.5) is 8.78 Å². The second kappa shape index (κ2) is 5.43. The number of halogens is 3. The molecular formula is C11H10BrF2NO3. The predicted molar refractivity (Wildman–Crippen MR) is 63.2 cm³/mol. The first-order valence-electron chi connectivity index (χ1n) is 4.90. The van der Waals surface area contributed by atoms with Crippen molar-refractivity contribution in [1.82, 2.24) is 4.90 Å². The zero-order valence-corrected chi connectivity index (χ0v) is 11.2. The van der Waals surface area contributed by atoms with Crippen LogP contribution in [0.15, 0.2) is 16.6 Å². The molecule has 0 saturated carbocycles. The molecule has 98 valence electrons. The Balaban J connectivity index is 3.11. The molecule has 0 spiro atoms. The normalized spacial score (nSPS) is 12.1. The molecule has 1 amide bonds. The highest BCUT2D eigenvalue weighted by Crippen LogP contribution is 2.22. The van der Waals surface area contributed by atoms with E-state index >= 15 is 0 Å². The van der Waals surface area contributed by atoms with Gasteiger partial charge in [0, 0.05) is 11.5 Å². The molecule has 1 rings (SSSR count). The number of rotatable bonds is 3. The van der Waals surface area contributed by atoms with Crippen LogP contribution in [-0.4, -0.2) is 35.0 Å². The van der Waals surface area contributed by atoms with E-state index in [1.807, 2.05) is 0 Å². The number of hydrogen-bond acceptors (Lipinski definition) is 2. The van der Waals surface area contributed by atoms with Gasteiger partial charge in [0.15, 0.2) is 11.6 Å². The summed E-state index contributed by atoms with van der Waals surface area (Å²) in [6.07, 6.45) is 0. The topological polar surface area (TPSA) is 57.6 Å². The van der Waals surface area contributed by atoms with Gasteiger partial charge in [-0.3, -0.25) is 4.79 Å². The van der Waals surface area contributed by atoms with Gasteiger partial charge in [0.25, 0.3) is 5.91 Å². The van der Waals surface area contributed by atoms with Gasteiger partial charge in [-0.05, 0) is 35.0 Å². The first-order valence-corrected chi connectivity index (χ1v) is 5.69. The number of carbonyl (C=O) groups excluding carboxylic acids is 1. The number of hydrogen-bond donors (Lipinski definition) is 1. The maximum atomic E-state index is 13.1. The van der Waals surface area contributed by atoms with Gasteiger partial charge in [0.2, 0.25) is 0 Å². The van der Waals surface area contributed by atoms with Crippen molar-refractivity contribution in [3.63, 3.8) is 0 Å². The Morgan fingerprint density at radius 2 is 1.83 bits per heavy atom. The quantitative estimate of drug-likeness (QED) is 0.869. The molecule has 0 heterocycles. The molecule has 7 heteroatoms. The number of likely N-dealkylation sites (N-methyl/N-ethyl adjacent to an activating group) is 1. The van der Waals surface area contributed by atoms with Crippen molar-refractivity contribution >= 4 is 27.8 Å². The van der Waals surface area contributed by atoms with Gasteiger partial charge in [-0.1, -0.05) is 0 Å². The van der Waals surface area contributed by atoms with E-state index in [1.54, 1.807) is 0 Å². The zero-order valence-electron chi connectivity index (χ0n) is 9.58. The average molecular weight is 322 g/mol. The Morgan fingerprint density at radius 1 is 1.33 bits per heavy atom. The van der Waals surface area contributed by atoms with E-state index in [-0.39, 0.29) is 10.0 Å². The highest BCUT2D eigenvalue weighted by Gasteiger charge is 2.25. The molecule has 1 aromatic rings. The van der Waals surface area contributed by atoms with Crippen molar-refractivity contribution in [1.29, 1.82) is 0 Å². The fourth-order valence-corrected chi connectivity index (χ4v) is 1.70. The molecule has 1 unspecified atom stereocenters. The van der Waals surface area contributed by atoms with Crippen LogP contribution in [0.25, 0.3) is 0 Å². The van der Waals surface area contributed by atoms with E-state index in [2.05, 4.69) is 15.9 Å².